The van der Waals surface area contributed by atoms with E-state index < -0.39 is 0 Å². The summed E-state index contributed by atoms with van der Waals surface area (Å²) in [6, 6.07) is 7.90. The van der Waals surface area contributed by atoms with Crippen molar-refractivity contribution in [3.63, 3.8) is 0 Å². The minimum Gasteiger partial charge on any atom is -0.492 e. The second-order valence-electron chi connectivity index (χ2n) is 4.97. The van der Waals surface area contributed by atoms with Crippen LogP contribution in [-0.4, -0.2) is 25.6 Å². The van der Waals surface area contributed by atoms with Crippen LogP contribution in [0, 0.1) is 6.92 Å². The first-order valence-corrected chi connectivity index (χ1v) is 7.38. The summed E-state index contributed by atoms with van der Waals surface area (Å²) in [6.45, 7) is 3.82. The molecule has 0 unspecified atom stereocenters. The van der Waals surface area contributed by atoms with Crippen molar-refractivity contribution < 1.29 is 9.53 Å². The topological polar surface area (TPSA) is 64.3 Å². The number of carbonyl (C=O) groups excluding carboxylic acids is 1. The van der Waals surface area contributed by atoms with E-state index in [9.17, 15) is 4.79 Å². The zero-order valence-electron chi connectivity index (χ0n) is 12.4. The van der Waals surface area contributed by atoms with Crippen molar-refractivity contribution in [1.29, 1.82) is 0 Å². The molecular weight excluding hydrogens is 252 g/mol. The largest absolute Gasteiger partial charge is 0.492 e. The molecule has 20 heavy (non-hydrogen) atoms. The third-order valence-corrected chi connectivity index (χ3v) is 3.04. The van der Waals surface area contributed by atoms with E-state index in [0.29, 0.717) is 19.6 Å². The highest BCUT2D eigenvalue weighted by Crippen LogP contribution is 2.11. The quantitative estimate of drug-likeness (QED) is 0.646. The maximum atomic E-state index is 11.5. The first-order chi connectivity index (χ1) is 9.72. The maximum Gasteiger partial charge on any atom is 0.220 e. The first-order valence-electron chi connectivity index (χ1n) is 7.38. The molecule has 0 radical (unpaired) electrons. The van der Waals surface area contributed by atoms with Crippen LogP contribution in [0.2, 0.25) is 0 Å². The second kappa shape index (κ2) is 10.3. The van der Waals surface area contributed by atoms with Crippen molar-refractivity contribution >= 4 is 5.91 Å². The SMILES string of the molecule is Cc1cccc(OCCNC(=O)CCCCCCN)c1. The van der Waals surface area contributed by atoms with Gasteiger partial charge in [0.25, 0.3) is 0 Å². The van der Waals surface area contributed by atoms with Crippen molar-refractivity contribution in [2.24, 2.45) is 5.73 Å². The number of nitrogens with one attached hydrogen (secondary N) is 1. The molecule has 1 aromatic rings. The molecule has 0 aliphatic heterocycles. The fourth-order valence-electron chi connectivity index (χ4n) is 1.94. The number of hydrogen-bond acceptors (Lipinski definition) is 3. The predicted molar refractivity (Wildman–Crippen MR) is 81.8 cm³/mol. The van der Waals surface area contributed by atoms with E-state index in [2.05, 4.69) is 5.32 Å². The lowest BCUT2D eigenvalue weighted by Crippen LogP contribution is -2.27. The van der Waals surface area contributed by atoms with Crippen molar-refractivity contribution in [3.05, 3.63) is 29.8 Å². The normalized spacial score (nSPS) is 10.3. The van der Waals surface area contributed by atoms with E-state index in [1.54, 1.807) is 0 Å². The van der Waals surface area contributed by atoms with Gasteiger partial charge in [0.15, 0.2) is 0 Å². The smallest absolute Gasteiger partial charge is 0.220 e. The zero-order chi connectivity index (χ0) is 14.6. The van der Waals surface area contributed by atoms with Gasteiger partial charge in [-0.3, -0.25) is 4.79 Å². The van der Waals surface area contributed by atoms with Crippen molar-refractivity contribution in [2.75, 3.05) is 19.7 Å². The molecule has 0 aliphatic rings. The summed E-state index contributed by atoms with van der Waals surface area (Å²) >= 11 is 0. The third-order valence-electron chi connectivity index (χ3n) is 3.04. The van der Waals surface area contributed by atoms with Gasteiger partial charge in [-0.2, -0.15) is 0 Å². The van der Waals surface area contributed by atoms with Crippen LogP contribution in [-0.2, 0) is 4.79 Å². The Morgan fingerprint density at radius 3 is 2.80 bits per heavy atom. The summed E-state index contributed by atoms with van der Waals surface area (Å²) in [4.78, 5) is 11.5. The van der Waals surface area contributed by atoms with Gasteiger partial charge < -0.3 is 15.8 Å². The van der Waals surface area contributed by atoms with Crippen LogP contribution in [0.3, 0.4) is 0 Å². The number of nitrogens with two attached hydrogens (primary N) is 1. The lowest BCUT2D eigenvalue weighted by molar-refractivity contribution is -0.121. The molecule has 0 spiro atoms. The van der Waals surface area contributed by atoms with Crippen LogP contribution in [0.5, 0.6) is 5.75 Å². The Hall–Kier alpha value is -1.55. The van der Waals surface area contributed by atoms with Gasteiger partial charge in [0, 0.05) is 6.42 Å². The lowest BCUT2D eigenvalue weighted by atomic mass is 10.1. The van der Waals surface area contributed by atoms with E-state index in [1.165, 1.54) is 5.56 Å². The molecule has 1 aromatic carbocycles. The lowest BCUT2D eigenvalue weighted by Gasteiger charge is -2.08. The Kier molecular flexibility index (Phi) is 8.47. The maximum absolute atomic E-state index is 11.5. The van der Waals surface area contributed by atoms with Crippen LogP contribution in [0.15, 0.2) is 24.3 Å². The fraction of sp³-hybridized carbons (Fsp3) is 0.562. The van der Waals surface area contributed by atoms with E-state index in [1.807, 2.05) is 31.2 Å². The molecule has 0 saturated carbocycles. The molecule has 0 aromatic heterocycles. The number of rotatable bonds is 10. The molecule has 1 amide bonds. The predicted octanol–water partition coefficient (Wildman–Crippen LogP) is 2.40. The molecule has 4 heteroatoms. The molecule has 4 nitrogen and oxygen atoms in total. The Morgan fingerprint density at radius 2 is 2.05 bits per heavy atom. The molecule has 3 N–H and O–H groups in total. The minimum absolute atomic E-state index is 0.102. The summed E-state index contributed by atoms with van der Waals surface area (Å²) in [5.41, 5.74) is 6.59. The van der Waals surface area contributed by atoms with Crippen LogP contribution in [0.25, 0.3) is 0 Å². The van der Waals surface area contributed by atoms with Gasteiger partial charge in [-0.25, -0.2) is 0 Å². The monoisotopic (exact) mass is 278 g/mol. The molecular formula is C16H26N2O2. The second-order valence-corrected chi connectivity index (χ2v) is 4.97. The average Bonchev–Trinajstić information content (AvgIpc) is 2.43. The van der Waals surface area contributed by atoms with E-state index >= 15 is 0 Å². The molecule has 0 atom stereocenters. The number of unbranched alkanes of at least 4 members (excludes halogenated alkanes) is 3. The molecule has 0 aliphatic carbocycles. The Balaban J connectivity index is 2.02. The van der Waals surface area contributed by atoms with E-state index in [4.69, 9.17) is 10.5 Å². The van der Waals surface area contributed by atoms with Gasteiger partial charge in [-0.05, 0) is 44.0 Å². The van der Waals surface area contributed by atoms with Gasteiger partial charge in [0.05, 0.1) is 6.54 Å². The zero-order valence-corrected chi connectivity index (χ0v) is 12.4. The minimum atomic E-state index is 0.102. The van der Waals surface area contributed by atoms with Gasteiger partial charge >= 0.3 is 0 Å². The molecule has 0 bridgehead atoms. The highest BCUT2D eigenvalue weighted by molar-refractivity contribution is 5.75. The van der Waals surface area contributed by atoms with Crippen LogP contribution in [0.4, 0.5) is 0 Å². The highest BCUT2D eigenvalue weighted by Gasteiger charge is 2.00. The number of hydrogen-bond donors (Lipinski definition) is 2. The summed E-state index contributed by atoms with van der Waals surface area (Å²) in [7, 11) is 0. The fourth-order valence-corrected chi connectivity index (χ4v) is 1.94. The number of benzene rings is 1. The summed E-state index contributed by atoms with van der Waals surface area (Å²) in [5.74, 6) is 0.951. The van der Waals surface area contributed by atoms with Gasteiger partial charge in [0.2, 0.25) is 5.91 Å². The number of ether oxygens (including phenoxy) is 1. The van der Waals surface area contributed by atoms with Crippen molar-refractivity contribution in [2.45, 2.75) is 39.0 Å². The molecule has 0 heterocycles. The molecule has 0 saturated heterocycles. The van der Waals surface area contributed by atoms with E-state index in [-0.39, 0.29) is 5.91 Å². The van der Waals surface area contributed by atoms with Crippen LogP contribution in [0.1, 0.15) is 37.7 Å². The van der Waals surface area contributed by atoms with Gasteiger partial charge in [-0.1, -0.05) is 25.0 Å². The Bertz CT molecular complexity index is 394. The van der Waals surface area contributed by atoms with Crippen LogP contribution < -0.4 is 15.8 Å². The van der Waals surface area contributed by atoms with Gasteiger partial charge in [-0.15, -0.1) is 0 Å². The summed E-state index contributed by atoms with van der Waals surface area (Å²) in [6.07, 6.45) is 4.76. The first kappa shape index (κ1) is 16.5. The van der Waals surface area contributed by atoms with E-state index in [0.717, 1.165) is 38.0 Å². The van der Waals surface area contributed by atoms with Crippen molar-refractivity contribution in [1.82, 2.24) is 5.32 Å². The summed E-state index contributed by atoms with van der Waals surface area (Å²) < 4.78 is 5.57. The number of amides is 1. The number of carbonyl (C=O) groups is 1. The average molecular weight is 278 g/mol. The Labute approximate surface area is 121 Å². The Morgan fingerprint density at radius 1 is 1.25 bits per heavy atom. The van der Waals surface area contributed by atoms with Crippen molar-refractivity contribution in [3.8, 4) is 5.75 Å². The highest BCUT2D eigenvalue weighted by atomic mass is 16.5. The molecule has 0 fully saturated rings. The standard InChI is InChI=1S/C16H26N2O2/c1-14-7-6-8-15(13-14)20-12-11-18-16(19)9-4-2-3-5-10-17/h6-8,13H,2-5,9-12,17H2,1H3,(H,18,19). The third kappa shape index (κ3) is 7.79. The number of aryl methyl sites for hydroxylation is 1. The van der Waals surface area contributed by atoms with Crippen LogP contribution >= 0.6 is 0 Å². The summed E-state index contributed by atoms with van der Waals surface area (Å²) in [5, 5.41) is 2.87. The molecule has 112 valence electrons. The molecule has 1 rings (SSSR count). The van der Waals surface area contributed by atoms with Gasteiger partial charge in [0.1, 0.15) is 12.4 Å².